The zero-order chi connectivity index (χ0) is 54.2. The number of nitrogens with two attached hydrogens (primary N) is 2. The Kier molecular flexibility index (Phi) is 21.4. The van der Waals surface area contributed by atoms with Crippen LogP contribution >= 0.6 is 32.9 Å². The molecule has 0 bridgehead atoms. The fourth-order valence-corrected chi connectivity index (χ4v) is 11.6. The minimum absolute atomic E-state index is 0.00246. The maximum atomic E-state index is 15.0. The molecular formula is C51H64N10O11S3. The minimum atomic E-state index is -1.81. The third-order valence-corrected chi connectivity index (χ3v) is 15.9. The second-order valence-electron chi connectivity index (χ2n) is 18.3. The molecule has 2 aromatic heterocycles. The van der Waals surface area contributed by atoms with Crippen molar-refractivity contribution in [3.8, 4) is 0 Å². The van der Waals surface area contributed by atoms with Crippen LogP contribution in [-0.2, 0) is 57.6 Å². The van der Waals surface area contributed by atoms with E-state index >= 15 is 0 Å². The van der Waals surface area contributed by atoms with E-state index in [9.17, 15) is 53.7 Å². The number of carboxylic acid groups (broad SMARTS) is 1. The van der Waals surface area contributed by atoms with E-state index in [4.69, 9.17) is 11.5 Å². The Bertz CT molecular complexity index is 2790. The highest BCUT2D eigenvalue weighted by Gasteiger charge is 2.37. The molecule has 7 amide bonds. The Labute approximate surface area is 444 Å². The normalized spacial score (nSPS) is 22.3. The number of aromatic nitrogens is 1. The van der Waals surface area contributed by atoms with Crippen LogP contribution in [0.1, 0.15) is 49.8 Å². The summed E-state index contributed by atoms with van der Waals surface area (Å²) in [5, 5.41) is 52.7. The fraction of sp³-hybridized carbons (Fsp3) is 0.412. The monoisotopic (exact) mass is 1090 g/mol. The number of rotatable bonds is 17. The van der Waals surface area contributed by atoms with Gasteiger partial charge in [-0.25, -0.2) is 4.79 Å². The van der Waals surface area contributed by atoms with Crippen molar-refractivity contribution in [2.45, 2.75) is 113 Å². The van der Waals surface area contributed by atoms with Gasteiger partial charge in [0.2, 0.25) is 41.4 Å². The zero-order valence-electron chi connectivity index (χ0n) is 41.3. The van der Waals surface area contributed by atoms with Gasteiger partial charge in [0.25, 0.3) is 0 Å². The summed E-state index contributed by atoms with van der Waals surface area (Å²) in [6.07, 6.45) is -0.775. The highest BCUT2D eigenvalue weighted by atomic mass is 33.1. The fourth-order valence-electron chi connectivity index (χ4n) is 8.33. The van der Waals surface area contributed by atoms with Crippen molar-refractivity contribution < 1.29 is 53.7 Å². The van der Waals surface area contributed by atoms with Crippen molar-refractivity contribution in [3.05, 3.63) is 107 Å². The second-order valence-corrected chi connectivity index (χ2v) is 21.7. The van der Waals surface area contributed by atoms with Crippen LogP contribution in [-0.4, -0.2) is 146 Å². The van der Waals surface area contributed by atoms with Gasteiger partial charge in [0, 0.05) is 46.1 Å². The molecule has 0 aliphatic carbocycles. The summed E-state index contributed by atoms with van der Waals surface area (Å²) < 4.78 is 0.915. The molecule has 6 rings (SSSR count). The number of hydrogen-bond donors (Lipinski definition) is 13. The van der Waals surface area contributed by atoms with E-state index in [0.29, 0.717) is 24.0 Å². The summed E-state index contributed by atoms with van der Waals surface area (Å²) in [7, 11) is 1.92. The molecule has 0 radical (unpaired) electrons. The van der Waals surface area contributed by atoms with E-state index < -0.39 is 108 Å². The number of unbranched alkanes of at least 4 members (excludes halogenated alkanes) is 1. The van der Waals surface area contributed by atoms with E-state index in [2.05, 4.69) is 42.2 Å². The number of aliphatic carboxylic acids is 1. The number of aliphatic hydroxyl groups excluding tert-OH is 2. The van der Waals surface area contributed by atoms with Crippen molar-refractivity contribution in [3.63, 3.8) is 0 Å². The summed E-state index contributed by atoms with van der Waals surface area (Å²) in [5.74, 6) is -8.23. The number of benzene rings is 3. The van der Waals surface area contributed by atoms with E-state index in [1.807, 2.05) is 60.0 Å². The van der Waals surface area contributed by atoms with E-state index in [-0.39, 0.29) is 43.7 Å². The summed E-state index contributed by atoms with van der Waals surface area (Å²) in [4.78, 5) is 116. The molecule has 3 heterocycles. The van der Waals surface area contributed by atoms with Gasteiger partial charge in [0.05, 0.1) is 18.2 Å². The highest BCUT2D eigenvalue weighted by molar-refractivity contribution is 8.76. The number of H-pyrrole nitrogens is 1. The number of nitrogens with one attached hydrogen (secondary N) is 8. The molecule has 10 atom stereocenters. The lowest BCUT2D eigenvalue weighted by Gasteiger charge is -2.29. The summed E-state index contributed by atoms with van der Waals surface area (Å²) in [6.45, 7) is 2.60. The number of hydrogen-bond acceptors (Lipinski definition) is 15. The summed E-state index contributed by atoms with van der Waals surface area (Å²) in [6, 6.07) is 12.0. The van der Waals surface area contributed by atoms with Gasteiger partial charge in [-0.3, -0.25) is 33.6 Å². The first-order valence-corrected chi connectivity index (χ1v) is 27.8. The molecule has 5 aromatic rings. The molecule has 0 spiro atoms. The lowest BCUT2D eigenvalue weighted by Crippen LogP contribution is -2.62. The average molecular weight is 1090 g/mol. The molecule has 24 heteroatoms. The van der Waals surface area contributed by atoms with Gasteiger partial charge in [0.1, 0.15) is 36.3 Å². The van der Waals surface area contributed by atoms with E-state index in [0.717, 1.165) is 55.1 Å². The van der Waals surface area contributed by atoms with Crippen LogP contribution in [0.5, 0.6) is 0 Å². The first-order chi connectivity index (χ1) is 35.9. The SMILES string of the molecule is C[C@@H](O)[C@H](NC(=O)[C@@H]1CSSC[C@H](NC(=O)[C@H](N)Cc2ccccc2)C(=O)N[C@@H](Cc2csc3ccccc23)C(=O)N[C@H](Cc2c[nH]c3ccccc23)C(=O)N[C@@H](CCCCN)C(=O)N[C@@H]([C@@H](C)O)C(=O)N1)C(=O)O. The lowest BCUT2D eigenvalue weighted by atomic mass is 10.0. The Hall–Kier alpha value is -6.54. The van der Waals surface area contributed by atoms with Gasteiger partial charge in [-0.05, 0) is 85.7 Å². The van der Waals surface area contributed by atoms with Crippen LogP contribution in [0.2, 0.25) is 0 Å². The lowest BCUT2D eigenvalue weighted by molar-refractivity contribution is -0.145. The molecular weight excluding hydrogens is 1020 g/mol. The number of fused-ring (bicyclic) bond motifs is 2. The van der Waals surface area contributed by atoms with Gasteiger partial charge in [-0.1, -0.05) is 88.3 Å². The first kappa shape index (κ1) is 57.7. The number of thiophene rings is 1. The number of aliphatic hydroxyl groups is 2. The van der Waals surface area contributed by atoms with Crippen molar-refractivity contribution in [2.24, 2.45) is 11.5 Å². The largest absolute Gasteiger partial charge is 0.480 e. The number of carbonyl (C=O) groups is 8. The predicted molar refractivity (Wildman–Crippen MR) is 288 cm³/mol. The molecule has 15 N–H and O–H groups in total. The Morgan fingerprint density at radius 2 is 1.33 bits per heavy atom. The Morgan fingerprint density at radius 3 is 2.01 bits per heavy atom. The Morgan fingerprint density at radius 1 is 0.720 bits per heavy atom. The zero-order valence-corrected chi connectivity index (χ0v) is 43.7. The van der Waals surface area contributed by atoms with Crippen molar-refractivity contribution >= 4 is 101 Å². The quantitative estimate of drug-likeness (QED) is 0.0446. The molecule has 3 aromatic carbocycles. The van der Waals surface area contributed by atoms with Crippen molar-refractivity contribution in [1.29, 1.82) is 0 Å². The summed E-state index contributed by atoms with van der Waals surface area (Å²) in [5.41, 5.74) is 15.0. The van der Waals surface area contributed by atoms with Crippen LogP contribution in [0.3, 0.4) is 0 Å². The topological polar surface area (TPSA) is 349 Å². The third kappa shape index (κ3) is 16.2. The van der Waals surface area contributed by atoms with E-state index in [1.165, 1.54) is 18.3 Å². The molecule has 402 valence electrons. The number of aromatic amines is 1. The van der Waals surface area contributed by atoms with Crippen LogP contribution in [0.4, 0.5) is 0 Å². The molecule has 1 saturated heterocycles. The maximum absolute atomic E-state index is 15.0. The molecule has 1 aliphatic rings. The van der Waals surface area contributed by atoms with Crippen molar-refractivity contribution in [1.82, 2.24) is 42.2 Å². The smallest absolute Gasteiger partial charge is 0.328 e. The van der Waals surface area contributed by atoms with Gasteiger partial charge in [-0.15, -0.1) is 11.3 Å². The standard InChI is InChI=1S/C51H64N10O11S3/c1-27(62)42-50(70)59-40(49(69)61-43(28(2)63)51(71)72)26-75-74-25-39(58-44(64)34(53)20-29-12-4-3-5-13-29)48(68)57-38(22-31-24-73-41-18-9-7-15-33(31)41)47(67)56-37(21-30-23-54-35-16-8-6-14-32(30)35)46(66)55-36(45(65)60-42)17-10-11-19-52/h3-9,12-16,18,23-24,27-28,34,36-40,42-43,54,62-63H,10-11,17,19-22,25-26,52-53H2,1-2H3,(H,55,66)(H,56,67)(H,57,68)(H,58,64)(H,59,70)(H,60,65)(H,61,69)(H,71,72)/t27-,28-,34-,36+,37-,38+,39+,40+,42+,43+/m1/s1. The number of carboxylic acids is 1. The van der Waals surface area contributed by atoms with Crippen molar-refractivity contribution in [2.75, 3.05) is 18.1 Å². The van der Waals surface area contributed by atoms with Crippen LogP contribution in [0, 0.1) is 0 Å². The molecule has 1 aliphatic heterocycles. The second kappa shape index (κ2) is 27.8. The maximum Gasteiger partial charge on any atom is 0.328 e. The molecule has 0 unspecified atom stereocenters. The molecule has 0 saturated carbocycles. The summed E-state index contributed by atoms with van der Waals surface area (Å²) >= 11 is 1.43. The van der Waals surface area contributed by atoms with E-state index in [1.54, 1.807) is 30.5 Å². The number of carbonyl (C=O) groups excluding carboxylic acids is 7. The number of amides is 7. The van der Waals surface area contributed by atoms with Gasteiger partial charge in [-0.2, -0.15) is 0 Å². The van der Waals surface area contributed by atoms with Gasteiger partial charge < -0.3 is 69.0 Å². The highest BCUT2D eigenvalue weighted by Crippen LogP contribution is 2.28. The number of para-hydroxylation sites is 1. The molecule has 75 heavy (non-hydrogen) atoms. The van der Waals surface area contributed by atoms with Gasteiger partial charge in [0.15, 0.2) is 6.04 Å². The average Bonchev–Trinajstić information content (AvgIpc) is 3.99. The third-order valence-electron chi connectivity index (χ3n) is 12.5. The molecule has 21 nitrogen and oxygen atoms in total. The predicted octanol–water partition coefficient (Wildman–Crippen LogP) is 0.502. The van der Waals surface area contributed by atoms with Gasteiger partial charge >= 0.3 is 5.97 Å². The van der Waals surface area contributed by atoms with Crippen LogP contribution < -0.4 is 48.7 Å². The molecule has 1 fully saturated rings. The Balaban J connectivity index is 1.42. The van der Waals surface area contributed by atoms with Crippen LogP contribution in [0.25, 0.3) is 21.0 Å². The van der Waals surface area contributed by atoms with Crippen LogP contribution in [0.15, 0.2) is 90.4 Å². The first-order valence-electron chi connectivity index (χ1n) is 24.4. The minimum Gasteiger partial charge on any atom is -0.480 e.